The van der Waals surface area contributed by atoms with Crippen LogP contribution >= 0.6 is 0 Å². The van der Waals surface area contributed by atoms with Crippen molar-refractivity contribution in [3.8, 4) is 5.88 Å². The molecule has 0 spiro atoms. The molecule has 0 atom stereocenters. The fourth-order valence-corrected chi connectivity index (χ4v) is 2.53. The summed E-state index contributed by atoms with van der Waals surface area (Å²) < 4.78 is 11.8. The molecular weight excluding hydrogens is 326 g/mol. The first-order valence-corrected chi connectivity index (χ1v) is 7.94. The molecule has 0 fully saturated rings. The number of esters is 1. The van der Waals surface area contributed by atoms with Gasteiger partial charge in [0.05, 0.1) is 17.7 Å². The van der Waals surface area contributed by atoms with E-state index in [0.29, 0.717) is 12.3 Å². The van der Waals surface area contributed by atoms with Crippen LogP contribution in [0.5, 0.6) is 5.88 Å². The average Bonchev–Trinajstić information content (AvgIpc) is 2.88. The number of hydrogen-bond acceptors (Lipinski definition) is 6. The van der Waals surface area contributed by atoms with Gasteiger partial charge in [-0.25, -0.2) is 9.48 Å². The van der Waals surface area contributed by atoms with E-state index >= 15 is 0 Å². The van der Waals surface area contributed by atoms with E-state index in [2.05, 4.69) is 16.8 Å². The molecule has 0 aliphatic rings. The predicted molar refractivity (Wildman–Crippen MR) is 90.6 cm³/mol. The number of ether oxygens (including phenoxy) is 2. The summed E-state index contributed by atoms with van der Waals surface area (Å²) in [5.74, 6) is 0.0340. The number of nitro groups is 1. The van der Waals surface area contributed by atoms with Crippen molar-refractivity contribution in [3.63, 3.8) is 0 Å². The molecule has 0 saturated carbocycles. The van der Waals surface area contributed by atoms with E-state index in [1.807, 2.05) is 0 Å². The Morgan fingerprint density at radius 2 is 2.00 bits per heavy atom. The summed E-state index contributed by atoms with van der Waals surface area (Å²) >= 11 is 0. The Kier molecular flexibility index (Phi) is 6.10. The van der Waals surface area contributed by atoms with Gasteiger partial charge < -0.3 is 9.47 Å². The van der Waals surface area contributed by atoms with Crippen molar-refractivity contribution in [2.45, 2.75) is 26.2 Å². The maximum Gasteiger partial charge on any atom is 0.343 e. The second kappa shape index (κ2) is 8.27. The summed E-state index contributed by atoms with van der Waals surface area (Å²) in [7, 11) is 3.06. The van der Waals surface area contributed by atoms with E-state index in [0.717, 1.165) is 29.7 Å². The number of aryl methyl sites for hydroxylation is 2. The quantitative estimate of drug-likeness (QED) is 0.413. The third kappa shape index (κ3) is 4.56. The van der Waals surface area contributed by atoms with E-state index < -0.39 is 10.9 Å². The lowest BCUT2D eigenvalue weighted by Crippen LogP contribution is -2.15. The minimum absolute atomic E-state index is 0.0471. The monoisotopic (exact) mass is 347 g/mol. The molecule has 1 heterocycles. The zero-order valence-electron chi connectivity index (χ0n) is 14.5. The number of nitro benzene ring substituents is 1. The van der Waals surface area contributed by atoms with Crippen LogP contribution in [0.4, 0.5) is 5.69 Å². The number of aromatic nitrogens is 2. The molecule has 8 heteroatoms. The zero-order chi connectivity index (χ0) is 18.4. The number of carbonyl (C=O) groups is 1. The van der Waals surface area contributed by atoms with Crippen LogP contribution in [-0.4, -0.2) is 34.4 Å². The van der Waals surface area contributed by atoms with Gasteiger partial charge in [0.25, 0.3) is 5.69 Å². The number of nitrogens with zero attached hydrogens (tertiary/aromatic N) is 3. The number of rotatable bonds is 8. The van der Waals surface area contributed by atoms with Gasteiger partial charge in [-0.2, -0.15) is 5.10 Å². The van der Waals surface area contributed by atoms with Crippen LogP contribution in [0.2, 0.25) is 0 Å². The lowest BCUT2D eigenvalue weighted by molar-refractivity contribution is -0.384. The summed E-state index contributed by atoms with van der Waals surface area (Å²) in [6.45, 7) is 1.86. The minimum atomic E-state index is -0.473. The molecular formula is C17H21N3O5. The van der Waals surface area contributed by atoms with Gasteiger partial charge in [-0.3, -0.25) is 10.1 Å². The molecule has 134 valence electrons. The van der Waals surface area contributed by atoms with Gasteiger partial charge >= 0.3 is 5.97 Å². The normalized spacial score (nSPS) is 10.5. The second-order valence-corrected chi connectivity index (χ2v) is 5.57. The Labute approximate surface area is 145 Å². The van der Waals surface area contributed by atoms with E-state index in [1.54, 1.807) is 23.9 Å². The molecule has 0 aliphatic carbocycles. The van der Waals surface area contributed by atoms with E-state index in [9.17, 15) is 14.9 Å². The third-order valence-electron chi connectivity index (χ3n) is 3.74. The highest BCUT2D eigenvalue weighted by Crippen LogP contribution is 2.27. The summed E-state index contributed by atoms with van der Waals surface area (Å²) in [5, 5.41) is 15.3. The first-order valence-electron chi connectivity index (χ1n) is 7.94. The standard InChI is InChI=1S/C17H21N3O5/c1-4-5-15-14(10-12-6-8-13(9-7-12)20(22)23)17(19(2)18-15)25-11-16(21)24-3/h6-9H,4-5,10-11H2,1-3H3. The van der Waals surface area contributed by atoms with Crippen molar-refractivity contribution in [2.24, 2.45) is 7.05 Å². The van der Waals surface area contributed by atoms with Crippen LogP contribution in [0.3, 0.4) is 0 Å². The Morgan fingerprint density at radius 1 is 1.32 bits per heavy atom. The van der Waals surface area contributed by atoms with Crippen LogP contribution in [0.15, 0.2) is 24.3 Å². The van der Waals surface area contributed by atoms with Crippen LogP contribution in [0, 0.1) is 10.1 Å². The van der Waals surface area contributed by atoms with Crippen LogP contribution in [0.25, 0.3) is 0 Å². The van der Waals surface area contributed by atoms with Crippen molar-refractivity contribution in [1.82, 2.24) is 9.78 Å². The van der Waals surface area contributed by atoms with Gasteiger partial charge in [0, 0.05) is 31.2 Å². The minimum Gasteiger partial charge on any atom is -0.466 e. The molecule has 0 unspecified atom stereocenters. The van der Waals surface area contributed by atoms with Crippen LogP contribution in [0.1, 0.15) is 30.2 Å². The molecule has 2 aromatic rings. The molecule has 25 heavy (non-hydrogen) atoms. The lowest BCUT2D eigenvalue weighted by Gasteiger charge is -2.09. The summed E-state index contributed by atoms with van der Waals surface area (Å²) in [4.78, 5) is 21.7. The largest absolute Gasteiger partial charge is 0.466 e. The number of methoxy groups -OCH3 is 1. The number of carbonyl (C=O) groups excluding carboxylic acids is 1. The average molecular weight is 347 g/mol. The SMILES string of the molecule is CCCc1nn(C)c(OCC(=O)OC)c1Cc1ccc([N+](=O)[O-])cc1. The van der Waals surface area contributed by atoms with Gasteiger partial charge in [0.15, 0.2) is 6.61 Å². The highest BCUT2D eigenvalue weighted by atomic mass is 16.6. The molecule has 8 nitrogen and oxygen atoms in total. The maximum atomic E-state index is 11.4. The van der Waals surface area contributed by atoms with Gasteiger partial charge in [-0.1, -0.05) is 25.5 Å². The Hall–Kier alpha value is -2.90. The van der Waals surface area contributed by atoms with Gasteiger partial charge in [0.1, 0.15) is 0 Å². The summed E-state index contributed by atoms with van der Waals surface area (Å²) in [6.07, 6.45) is 2.20. The van der Waals surface area contributed by atoms with Crippen molar-refractivity contribution < 1.29 is 19.2 Å². The highest BCUT2D eigenvalue weighted by Gasteiger charge is 2.19. The fraction of sp³-hybridized carbons (Fsp3) is 0.412. The highest BCUT2D eigenvalue weighted by molar-refractivity contribution is 5.70. The van der Waals surface area contributed by atoms with Crippen molar-refractivity contribution in [1.29, 1.82) is 0 Å². The summed E-state index contributed by atoms with van der Waals surface area (Å²) in [5.41, 5.74) is 2.72. The number of benzene rings is 1. The molecule has 0 radical (unpaired) electrons. The van der Waals surface area contributed by atoms with E-state index in [1.165, 1.54) is 19.2 Å². The molecule has 0 aliphatic heterocycles. The van der Waals surface area contributed by atoms with Gasteiger partial charge in [-0.15, -0.1) is 0 Å². The van der Waals surface area contributed by atoms with E-state index in [4.69, 9.17) is 4.74 Å². The molecule has 1 aromatic heterocycles. The molecule has 0 N–H and O–H groups in total. The fourth-order valence-electron chi connectivity index (χ4n) is 2.53. The topological polar surface area (TPSA) is 96.5 Å². The molecule has 2 rings (SSSR count). The second-order valence-electron chi connectivity index (χ2n) is 5.57. The maximum absolute atomic E-state index is 11.4. The van der Waals surface area contributed by atoms with Crippen LogP contribution in [-0.2, 0) is 29.4 Å². The summed E-state index contributed by atoms with van der Waals surface area (Å²) in [6, 6.07) is 6.37. The Balaban J connectivity index is 2.29. The number of hydrogen-bond donors (Lipinski definition) is 0. The van der Waals surface area contributed by atoms with Gasteiger partial charge in [-0.05, 0) is 12.0 Å². The molecule has 0 saturated heterocycles. The molecule has 0 amide bonds. The van der Waals surface area contributed by atoms with Crippen molar-refractivity contribution >= 4 is 11.7 Å². The third-order valence-corrected chi connectivity index (χ3v) is 3.74. The predicted octanol–water partition coefficient (Wildman–Crippen LogP) is 2.42. The van der Waals surface area contributed by atoms with Crippen molar-refractivity contribution in [2.75, 3.05) is 13.7 Å². The smallest absolute Gasteiger partial charge is 0.343 e. The lowest BCUT2D eigenvalue weighted by atomic mass is 10.0. The Morgan fingerprint density at radius 3 is 2.56 bits per heavy atom. The zero-order valence-corrected chi connectivity index (χ0v) is 14.5. The molecule has 0 bridgehead atoms. The first kappa shape index (κ1) is 18.4. The molecule has 1 aromatic carbocycles. The van der Waals surface area contributed by atoms with Crippen LogP contribution < -0.4 is 4.74 Å². The first-order chi connectivity index (χ1) is 12.0. The van der Waals surface area contributed by atoms with Gasteiger partial charge in [0.2, 0.25) is 5.88 Å². The number of non-ortho nitro benzene ring substituents is 1. The van der Waals surface area contributed by atoms with E-state index in [-0.39, 0.29) is 12.3 Å². The van der Waals surface area contributed by atoms with Crippen molar-refractivity contribution in [3.05, 3.63) is 51.2 Å². The Bertz CT molecular complexity index is 752.